The summed E-state index contributed by atoms with van der Waals surface area (Å²) in [6.45, 7) is 0.372. The first-order chi connectivity index (χ1) is 15.8. The van der Waals surface area contributed by atoms with Crippen LogP contribution in [-0.4, -0.2) is 52.2 Å². The Bertz CT molecular complexity index is 1110. The highest BCUT2D eigenvalue weighted by molar-refractivity contribution is 6.11. The van der Waals surface area contributed by atoms with Gasteiger partial charge in [-0.2, -0.15) is 0 Å². The van der Waals surface area contributed by atoms with E-state index in [1.54, 1.807) is 12.1 Å². The fourth-order valence-electron chi connectivity index (χ4n) is 4.92. The number of amides is 3. The molecule has 5 rings (SSSR count). The van der Waals surface area contributed by atoms with E-state index >= 15 is 0 Å². The van der Waals surface area contributed by atoms with Gasteiger partial charge in [0.05, 0.1) is 6.54 Å². The van der Waals surface area contributed by atoms with E-state index in [4.69, 9.17) is 0 Å². The van der Waals surface area contributed by atoms with Gasteiger partial charge in [0.2, 0.25) is 5.92 Å². The second kappa shape index (κ2) is 7.90. The van der Waals surface area contributed by atoms with Crippen molar-refractivity contribution in [2.45, 2.75) is 50.0 Å². The number of pyridine rings is 1. The van der Waals surface area contributed by atoms with Gasteiger partial charge < -0.3 is 10.2 Å². The molecule has 1 aromatic heterocycles. The molecule has 1 saturated heterocycles. The smallest absolute Gasteiger partial charge is 0.325 e. The molecule has 7 nitrogen and oxygen atoms in total. The lowest BCUT2D eigenvalue weighted by Crippen LogP contribution is -2.51. The molecule has 1 aliphatic carbocycles. The fraction of sp³-hybridized carbons (Fsp3) is 0.417. The number of para-hydroxylation sites is 1. The third-order valence-corrected chi connectivity index (χ3v) is 6.84. The third kappa shape index (κ3) is 3.85. The molecule has 0 atom stereocenters. The van der Waals surface area contributed by atoms with Crippen molar-refractivity contribution < 1.29 is 23.2 Å². The summed E-state index contributed by atoms with van der Waals surface area (Å²) in [5.41, 5.74) is 1.29. The summed E-state index contributed by atoms with van der Waals surface area (Å²) in [6, 6.07) is 10.8. The van der Waals surface area contributed by atoms with Crippen LogP contribution in [0.5, 0.6) is 0 Å². The molecule has 3 amide bonds. The number of carbonyl (C=O) groups excluding carboxylic acids is 3. The lowest BCUT2D eigenvalue weighted by atomic mass is 9.80. The summed E-state index contributed by atoms with van der Waals surface area (Å²) in [6.07, 6.45) is 2.25. The Morgan fingerprint density at radius 3 is 2.55 bits per heavy atom. The molecule has 1 aromatic carbocycles. The number of urea groups is 1. The lowest BCUT2D eigenvalue weighted by molar-refractivity contribution is -0.135. The van der Waals surface area contributed by atoms with Crippen LogP contribution in [0.3, 0.4) is 0 Å². The molecule has 2 aliphatic heterocycles. The number of aromatic nitrogens is 1. The van der Waals surface area contributed by atoms with Crippen molar-refractivity contribution in [1.82, 2.24) is 15.2 Å². The number of nitrogens with one attached hydrogen (secondary N) is 1. The van der Waals surface area contributed by atoms with Crippen molar-refractivity contribution in [2.75, 3.05) is 18.0 Å². The van der Waals surface area contributed by atoms with Gasteiger partial charge in [0, 0.05) is 36.8 Å². The second-order valence-corrected chi connectivity index (χ2v) is 8.97. The van der Waals surface area contributed by atoms with Gasteiger partial charge in [-0.05, 0) is 49.4 Å². The third-order valence-electron chi connectivity index (χ3n) is 6.84. The van der Waals surface area contributed by atoms with Crippen LogP contribution >= 0.6 is 0 Å². The molecular formula is C24H24F2N4O3. The quantitative estimate of drug-likeness (QED) is 0.561. The highest BCUT2D eigenvalue weighted by Crippen LogP contribution is 2.41. The highest BCUT2D eigenvalue weighted by atomic mass is 19.3. The number of nitrogens with zero attached hydrogens (tertiary/aromatic N) is 3. The number of hydrogen-bond acceptors (Lipinski definition) is 5. The number of carbonyl (C=O) groups is 3. The Kier molecular flexibility index (Phi) is 5.14. The summed E-state index contributed by atoms with van der Waals surface area (Å²) < 4.78 is 27.1. The topological polar surface area (TPSA) is 82.6 Å². The van der Waals surface area contributed by atoms with Gasteiger partial charge in [0.15, 0.2) is 5.78 Å². The number of hydrogen-bond donors (Lipinski definition) is 1. The van der Waals surface area contributed by atoms with Crippen LogP contribution in [0, 0.1) is 0 Å². The van der Waals surface area contributed by atoms with Crippen molar-refractivity contribution in [3.63, 3.8) is 0 Å². The molecule has 3 aliphatic rings. The van der Waals surface area contributed by atoms with Crippen LogP contribution in [0.15, 0.2) is 42.6 Å². The summed E-state index contributed by atoms with van der Waals surface area (Å²) in [7, 11) is 0. The average molecular weight is 454 g/mol. The van der Waals surface area contributed by atoms with Gasteiger partial charge in [-0.1, -0.05) is 18.2 Å². The van der Waals surface area contributed by atoms with E-state index in [0.29, 0.717) is 0 Å². The molecule has 0 unspecified atom stereocenters. The molecule has 33 heavy (non-hydrogen) atoms. The predicted octanol–water partition coefficient (Wildman–Crippen LogP) is 3.85. The standard InChI is InChI=1S/C24H24F2N4O3/c25-24(26)11-9-23(10-12-24)21(32)30(22(33)28-23)15-19(31)17-7-8-20(27-14-17)29-13-3-5-16-4-1-2-6-18(16)29/h1-2,4,6-8,14H,3,5,9-13,15H2,(H,28,33). The van der Waals surface area contributed by atoms with Crippen molar-refractivity contribution in [3.8, 4) is 0 Å². The number of imide groups is 1. The van der Waals surface area contributed by atoms with Crippen LogP contribution in [0.1, 0.15) is 48.0 Å². The molecule has 9 heteroatoms. The minimum absolute atomic E-state index is 0.136. The van der Waals surface area contributed by atoms with Gasteiger partial charge in [0.25, 0.3) is 5.91 Å². The van der Waals surface area contributed by atoms with E-state index in [1.807, 2.05) is 18.2 Å². The number of ketones is 1. The number of alkyl halides is 2. The van der Waals surface area contributed by atoms with Gasteiger partial charge in [-0.15, -0.1) is 0 Å². The fourth-order valence-corrected chi connectivity index (χ4v) is 4.92. The number of Topliss-reactive ketones (excluding diaryl/α,β-unsaturated/α-hetero) is 1. The molecule has 172 valence electrons. The zero-order valence-electron chi connectivity index (χ0n) is 18.0. The molecule has 1 N–H and O–H groups in total. The van der Waals surface area contributed by atoms with Crippen LogP contribution in [0.4, 0.5) is 25.1 Å². The van der Waals surface area contributed by atoms with Gasteiger partial charge in [-0.3, -0.25) is 14.5 Å². The number of halogens is 2. The number of rotatable bonds is 4. The SMILES string of the molecule is O=C(CN1C(=O)NC2(CCC(F)(F)CC2)C1=O)c1ccc(N2CCCc3ccccc32)nc1. The first-order valence-corrected chi connectivity index (χ1v) is 11.1. The Morgan fingerprint density at radius 2 is 1.82 bits per heavy atom. The number of benzene rings is 1. The number of anilines is 2. The molecule has 3 heterocycles. The van der Waals surface area contributed by atoms with Gasteiger partial charge >= 0.3 is 6.03 Å². The molecular weight excluding hydrogens is 430 g/mol. The van der Waals surface area contributed by atoms with Crippen LogP contribution in [0.2, 0.25) is 0 Å². The Balaban J connectivity index is 1.28. The minimum Gasteiger partial charge on any atom is -0.326 e. The summed E-state index contributed by atoms with van der Waals surface area (Å²) >= 11 is 0. The number of aryl methyl sites for hydroxylation is 1. The van der Waals surface area contributed by atoms with E-state index in [1.165, 1.54) is 11.8 Å². The Morgan fingerprint density at radius 1 is 1.06 bits per heavy atom. The molecule has 2 aromatic rings. The second-order valence-electron chi connectivity index (χ2n) is 8.97. The van der Waals surface area contributed by atoms with Gasteiger partial charge in [0.1, 0.15) is 11.4 Å². The minimum atomic E-state index is -2.83. The number of fused-ring (bicyclic) bond motifs is 1. The zero-order chi connectivity index (χ0) is 23.2. The maximum Gasteiger partial charge on any atom is 0.325 e. The van der Waals surface area contributed by atoms with Crippen molar-refractivity contribution >= 4 is 29.2 Å². The maximum absolute atomic E-state index is 13.5. The van der Waals surface area contributed by atoms with Crippen molar-refractivity contribution in [3.05, 3.63) is 53.7 Å². The van der Waals surface area contributed by atoms with Crippen LogP contribution in [-0.2, 0) is 11.2 Å². The largest absolute Gasteiger partial charge is 0.326 e. The van der Waals surface area contributed by atoms with E-state index in [2.05, 4.69) is 21.3 Å². The van der Waals surface area contributed by atoms with Crippen molar-refractivity contribution in [1.29, 1.82) is 0 Å². The van der Waals surface area contributed by atoms with Crippen LogP contribution < -0.4 is 10.2 Å². The van der Waals surface area contributed by atoms with E-state index in [9.17, 15) is 23.2 Å². The van der Waals surface area contributed by atoms with Crippen molar-refractivity contribution in [2.24, 2.45) is 0 Å². The van der Waals surface area contributed by atoms with Gasteiger partial charge in [-0.25, -0.2) is 18.6 Å². The maximum atomic E-state index is 13.5. The molecule has 1 saturated carbocycles. The van der Waals surface area contributed by atoms with E-state index < -0.39 is 48.6 Å². The Labute approximate surface area is 189 Å². The molecule has 2 fully saturated rings. The average Bonchev–Trinajstić information content (AvgIpc) is 3.05. The summed E-state index contributed by atoms with van der Waals surface area (Å²) in [5.74, 6) is -3.15. The zero-order valence-corrected chi connectivity index (χ0v) is 18.0. The van der Waals surface area contributed by atoms with Crippen LogP contribution in [0.25, 0.3) is 0 Å². The first kappa shape index (κ1) is 21.5. The molecule has 0 bridgehead atoms. The molecule has 0 radical (unpaired) electrons. The normalized spacial score (nSPS) is 21.2. The highest BCUT2D eigenvalue weighted by Gasteiger charge is 2.55. The van der Waals surface area contributed by atoms with E-state index in [-0.39, 0.29) is 18.4 Å². The predicted molar refractivity (Wildman–Crippen MR) is 117 cm³/mol. The molecule has 1 spiro atoms. The lowest BCUT2D eigenvalue weighted by Gasteiger charge is -2.34. The van der Waals surface area contributed by atoms with E-state index in [0.717, 1.165) is 35.8 Å². The monoisotopic (exact) mass is 454 g/mol. The first-order valence-electron chi connectivity index (χ1n) is 11.1. The Hall–Kier alpha value is -3.36. The summed E-state index contributed by atoms with van der Waals surface area (Å²) in [5, 5.41) is 2.55. The summed E-state index contributed by atoms with van der Waals surface area (Å²) in [4.78, 5) is 45.5.